The third-order valence-electron chi connectivity index (χ3n) is 5.41. The molecule has 0 aliphatic heterocycles. The van der Waals surface area contributed by atoms with Gasteiger partial charge in [0, 0.05) is 29.8 Å². The Hall–Kier alpha value is -4.73. The number of halogens is 1. The normalized spacial score (nSPS) is 11.2. The van der Waals surface area contributed by atoms with Crippen LogP contribution < -0.4 is 21.1 Å². The van der Waals surface area contributed by atoms with E-state index >= 15 is 0 Å². The first-order chi connectivity index (χ1) is 17.5. The van der Waals surface area contributed by atoms with Gasteiger partial charge in [-0.2, -0.15) is 5.10 Å². The lowest BCUT2D eigenvalue weighted by atomic mass is 9.92. The number of hydrogen-bond acceptors (Lipinski definition) is 5. The smallest absolute Gasteiger partial charge is 0.324 e. The largest absolute Gasteiger partial charge is 0.457 e. The van der Waals surface area contributed by atoms with Crippen LogP contribution in [0.5, 0.6) is 11.5 Å². The molecule has 0 atom stereocenters. The van der Waals surface area contributed by atoms with E-state index in [0.717, 1.165) is 23.0 Å². The molecule has 3 amide bonds. The Morgan fingerprint density at radius 3 is 2.32 bits per heavy atom. The van der Waals surface area contributed by atoms with Gasteiger partial charge in [-0.3, -0.25) is 15.1 Å². The number of urea groups is 1. The summed E-state index contributed by atoms with van der Waals surface area (Å²) in [6, 6.07) is 15.7. The fraction of sp³-hybridized carbons (Fsp3) is 0.185. The molecule has 0 aliphatic rings. The van der Waals surface area contributed by atoms with E-state index in [0.29, 0.717) is 5.82 Å². The van der Waals surface area contributed by atoms with Crippen molar-refractivity contribution in [1.82, 2.24) is 14.8 Å². The molecule has 0 aliphatic carbocycles. The van der Waals surface area contributed by atoms with Crippen molar-refractivity contribution in [2.45, 2.75) is 33.1 Å². The summed E-state index contributed by atoms with van der Waals surface area (Å²) in [6.45, 7) is 8.06. The second-order valence-electron chi connectivity index (χ2n) is 9.48. The quantitative estimate of drug-likeness (QED) is 0.319. The number of nitrogens with two attached hydrogens (primary N) is 1. The van der Waals surface area contributed by atoms with Crippen LogP contribution in [0.4, 0.5) is 20.7 Å². The van der Waals surface area contributed by atoms with Gasteiger partial charge in [-0.1, -0.05) is 38.5 Å². The van der Waals surface area contributed by atoms with Gasteiger partial charge in [0.25, 0.3) is 5.91 Å². The van der Waals surface area contributed by atoms with Crippen LogP contribution >= 0.6 is 0 Å². The molecule has 0 unspecified atom stereocenters. The van der Waals surface area contributed by atoms with Crippen LogP contribution in [-0.4, -0.2) is 26.7 Å². The fourth-order valence-electron chi connectivity index (χ4n) is 3.40. The maximum atomic E-state index is 14.8. The maximum absolute atomic E-state index is 14.8. The highest BCUT2D eigenvalue weighted by Crippen LogP contribution is 2.28. The zero-order chi connectivity index (χ0) is 26.7. The number of anilines is 2. The van der Waals surface area contributed by atoms with E-state index in [1.165, 1.54) is 30.5 Å². The van der Waals surface area contributed by atoms with Crippen LogP contribution in [0.3, 0.4) is 0 Å². The number of nitrogens with one attached hydrogen (secondary N) is 2. The second-order valence-corrected chi connectivity index (χ2v) is 9.48. The number of amides is 3. The molecule has 0 spiro atoms. The molecule has 190 valence electrons. The topological polar surface area (TPSA) is 124 Å². The average molecular weight is 503 g/mol. The lowest BCUT2D eigenvalue weighted by Gasteiger charge is -2.14. The first kappa shape index (κ1) is 25.4. The zero-order valence-corrected chi connectivity index (χ0v) is 20.9. The number of ether oxygens (including phenoxy) is 1. The van der Waals surface area contributed by atoms with E-state index in [-0.39, 0.29) is 28.3 Å². The SMILES string of the molecule is Cc1ccc(-n2nc(C(C)(C)C)cc2NC(=O)Nc2ccc(Oc3ccnc(C(N)=O)c3)cc2F)cc1. The lowest BCUT2D eigenvalue weighted by Crippen LogP contribution is -2.22. The van der Waals surface area contributed by atoms with Crippen LogP contribution in [0.25, 0.3) is 5.69 Å². The number of benzene rings is 2. The van der Waals surface area contributed by atoms with Gasteiger partial charge < -0.3 is 15.8 Å². The monoisotopic (exact) mass is 502 g/mol. The van der Waals surface area contributed by atoms with Gasteiger partial charge in [-0.05, 0) is 37.3 Å². The summed E-state index contributed by atoms with van der Waals surface area (Å²) in [5.41, 5.74) is 7.60. The molecule has 0 saturated heterocycles. The molecule has 0 fully saturated rings. The molecule has 0 radical (unpaired) electrons. The van der Waals surface area contributed by atoms with Crippen molar-refractivity contribution < 1.29 is 18.7 Å². The Bertz CT molecular complexity index is 1460. The molecule has 2 heterocycles. The second kappa shape index (κ2) is 10.1. The highest BCUT2D eigenvalue weighted by atomic mass is 19.1. The number of aryl methyl sites for hydroxylation is 1. The highest BCUT2D eigenvalue weighted by molar-refractivity contribution is 5.99. The predicted octanol–water partition coefficient (Wildman–Crippen LogP) is 5.55. The van der Waals surface area contributed by atoms with Crippen molar-refractivity contribution in [3.63, 3.8) is 0 Å². The Labute approximate surface area is 213 Å². The van der Waals surface area contributed by atoms with Gasteiger partial charge in [0.1, 0.15) is 28.8 Å². The number of primary amides is 1. The van der Waals surface area contributed by atoms with Crippen molar-refractivity contribution in [2.75, 3.05) is 10.6 Å². The van der Waals surface area contributed by atoms with E-state index in [2.05, 4.69) is 20.7 Å². The number of nitrogens with zero attached hydrogens (tertiary/aromatic N) is 3. The van der Waals surface area contributed by atoms with Crippen LogP contribution in [-0.2, 0) is 5.41 Å². The van der Waals surface area contributed by atoms with Gasteiger partial charge in [-0.25, -0.2) is 13.9 Å². The summed E-state index contributed by atoms with van der Waals surface area (Å²) in [4.78, 5) is 27.9. The summed E-state index contributed by atoms with van der Waals surface area (Å²) < 4.78 is 22.0. The van der Waals surface area contributed by atoms with Crippen LogP contribution in [0, 0.1) is 12.7 Å². The van der Waals surface area contributed by atoms with Gasteiger partial charge in [0.2, 0.25) is 0 Å². The third-order valence-corrected chi connectivity index (χ3v) is 5.41. The van der Waals surface area contributed by atoms with Gasteiger partial charge in [-0.15, -0.1) is 0 Å². The summed E-state index contributed by atoms with van der Waals surface area (Å²) in [5.74, 6) is -0.549. The summed E-state index contributed by atoms with van der Waals surface area (Å²) in [7, 11) is 0. The molecular formula is C27H27FN6O3. The van der Waals surface area contributed by atoms with Crippen molar-refractivity contribution in [3.05, 3.63) is 89.6 Å². The first-order valence-corrected chi connectivity index (χ1v) is 11.5. The minimum Gasteiger partial charge on any atom is -0.457 e. The lowest BCUT2D eigenvalue weighted by molar-refractivity contribution is 0.0995. The van der Waals surface area contributed by atoms with Gasteiger partial charge >= 0.3 is 6.03 Å². The van der Waals surface area contributed by atoms with E-state index < -0.39 is 17.8 Å². The highest BCUT2D eigenvalue weighted by Gasteiger charge is 2.22. The molecule has 9 nitrogen and oxygen atoms in total. The Morgan fingerprint density at radius 1 is 0.973 bits per heavy atom. The van der Waals surface area contributed by atoms with E-state index in [1.807, 2.05) is 52.0 Å². The third kappa shape index (κ3) is 6.10. The standard InChI is InChI=1S/C27H27FN6O3/c1-16-5-7-17(8-6-16)34-24(15-23(33-34)27(2,3)4)32-26(36)31-21-10-9-18(13-20(21)28)37-19-11-12-30-22(14-19)25(29)35/h5-15H,1-4H3,(H2,29,35)(H2,31,32,36). The molecule has 4 rings (SSSR count). The molecule has 10 heteroatoms. The van der Waals surface area contributed by atoms with Crippen LogP contribution in [0.1, 0.15) is 42.5 Å². The molecule has 37 heavy (non-hydrogen) atoms. The van der Waals surface area contributed by atoms with Crippen molar-refractivity contribution in [3.8, 4) is 17.2 Å². The van der Waals surface area contributed by atoms with Gasteiger partial charge in [0.15, 0.2) is 0 Å². The number of carbonyl (C=O) groups is 2. The summed E-state index contributed by atoms with van der Waals surface area (Å²) in [5, 5.41) is 9.96. The number of carbonyl (C=O) groups excluding carboxylic acids is 2. The van der Waals surface area contributed by atoms with Crippen molar-refractivity contribution >= 4 is 23.4 Å². The molecule has 2 aromatic heterocycles. The Morgan fingerprint density at radius 2 is 1.68 bits per heavy atom. The van der Waals surface area contributed by atoms with Crippen LogP contribution in [0.15, 0.2) is 66.9 Å². The van der Waals surface area contributed by atoms with Crippen molar-refractivity contribution in [2.24, 2.45) is 5.73 Å². The van der Waals surface area contributed by atoms with E-state index in [1.54, 1.807) is 10.7 Å². The summed E-state index contributed by atoms with van der Waals surface area (Å²) >= 11 is 0. The van der Waals surface area contributed by atoms with Gasteiger partial charge in [0.05, 0.1) is 17.1 Å². The molecule has 4 N–H and O–H groups in total. The minimum absolute atomic E-state index is 0.0208. The van der Waals surface area contributed by atoms with E-state index in [9.17, 15) is 14.0 Å². The van der Waals surface area contributed by atoms with Crippen molar-refractivity contribution in [1.29, 1.82) is 0 Å². The zero-order valence-electron chi connectivity index (χ0n) is 20.9. The number of rotatable bonds is 6. The number of hydrogen-bond donors (Lipinski definition) is 3. The Balaban J connectivity index is 1.51. The molecule has 2 aromatic carbocycles. The molecule has 0 saturated carbocycles. The fourth-order valence-corrected chi connectivity index (χ4v) is 3.40. The molecule has 0 bridgehead atoms. The Kier molecular flexibility index (Phi) is 6.92. The predicted molar refractivity (Wildman–Crippen MR) is 139 cm³/mol. The van der Waals surface area contributed by atoms with Crippen LogP contribution in [0.2, 0.25) is 0 Å². The summed E-state index contributed by atoms with van der Waals surface area (Å²) in [6.07, 6.45) is 1.36. The molecule has 4 aromatic rings. The maximum Gasteiger partial charge on any atom is 0.324 e. The first-order valence-electron chi connectivity index (χ1n) is 11.5. The average Bonchev–Trinajstić information content (AvgIpc) is 3.26. The van der Waals surface area contributed by atoms with E-state index in [4.69, 9.17) is 10.5 Å². The number of pyridine rings is 1. The molecular weight excluding hydrogens is 475 g/mol. The minimum atomic E-state index is -0.709. The number of aromatic nitrogens is 3.